The van der Waals surface area contributed by atoms with E-state index in [-0.39, 0.29) is 0 Å². The van der Waals surface area contributed by atoms with Gasteiger partial charge in [-0.25, -0.2) is 0 Å². The van der Waals surface area contributed by atoms with Gasteiger partial charge in [0.1, 0.15) is 0 Å². The van der Waals surface area contributed by atoms with Crippen LogP contribution in [0.2, 0.25) is 0 Å². The van der Waals surface area contributed by atoms with Gasteiger partial charge in [0.2, 0.25) is 0 Å². The lowest BCUT2D eigenvalue weighted by Crippen LogP contribution is -2.61. The van der Waals surface area contributed by atoms with Crippen molar-refractivity contribution in [1.82, 2.24) is 20.0 Å². The van der Waals surface area contributed by atoms with E-state index in [1.54, 1.807) is 0 Å². The molecular weight excluding hydrogens is 304 g/mol. The van der Waals surface area contributed by atoms with E-state index in [0.29, 0.717) is 5.54 Å². The third kappa shape index (κ3) is 3.10. The molecule has 2 aromatic rings. The first kappa shape index (κ1) is 15.4. The van der Waals surface area contributed by atoms with Crippen molar-refractivity contribution in [3.05, 3.63) is 29.4 Å². The van der Waals surface area contributed by atoms with Crippen molar-refractivity contribution in [1.29, 1.82) is 0 Å². The number of nitrogens with one attached hydrogen (secondary N) is 1. The van der Waals surface area contributed by atoms with Gasteiger partial charge in [-0.3, -0.25) is 9.58 Å². The molecule has 4 nitrogen and oxygen atoms in total. The van der Waals surface area contributed by atoms with Crippen LogP contribution in [0.5, 0.6) is 0 Å². The van der Waals surface area contributed by atoms with Crippen LogP contribution < -0.4 is 5.32 Å². The third-order valence-corrected chi connectivity index (χ3v) is 6.58. The van der Waals surface area contributed by atoms with Crippen LogP contribution in [0.25, 0.3) is 10.4 Å². The Labute approximate surface area is 142 Å². The van der Waals surface area contributed by atoms with Gasteiger partial charge in [-0.1, -0.05) is 19.3 Å². The van der Waals surface area contributed by atoms with Gasteiger partial charge in [0.05, 0.1) is 6.20 Å². The molecule has 1 spiro atoms. The van der Waals surface area contributed by atoms with Crippen molar-refractivity contribution in [3.8, 4) is 10.4 Å². The SMILES string of the molecule is Cn1cc(-c2ccc(CN3CCNCC34CCCCC4)s2)cn1. The standard InChI is InChI=1S/C18H26N4S/c1-21-12-15(11-20-21)17-6-5-16(23-17)13-22-10-9-19-14-18(22)7-3-2-4-8-18/h5-6,11-12,19H,2-4,7-10,13-14H2,1H3. The third-order valence-electron chi connectivity index (χ3n) is 5.47. The average Bonchev–Trinajstić information content (AvgIpc) is 3.20. The van der Waals surface area contributed by atoms with E-state index in [1.807, 2.05) is 29.3 Å². The van der Waals surface area contributed by atoms with Gasteiger partial charge in [-0.15, -0.1) is 11.3 Å². The van der Waals surface area contributed by atoms with Crippen LogP contribution >= 0.6 is 11.3 Å². The Kier molecular flexibility index (Phi) is 4.26. The molecule has 0 radical (unpaired) electrons. The lowest BCUT2D eigenvalue weighted by atomic mass is 9.79. The highest BCUT2D eigenvalue weighted by atomic mass is 32.1. The van der Waals surface area contributed by atoms with E-state index < -0.39 is 0 Å². The Bertz CT molecular complexity index is 645. The van der Waals surface area contributed by atoms with Crippen molar-refractivity contribution in [2.24, 2.45) is 7.05 Å². The largest absolute Gasteiger partial charge is 0.314 e. The van der Waals surface area contributed by atoms with Crippen molar-refractivity contribution in [2.75, 3.05) is 19.6 Å². The van der Waals surface area contributed by atoms with E-state index in [2.05, 4.69) is 33.6 Å². The molecule has 1 saturated carbocycles. The predicted molar refractivity (Wildman–Crippen MR) is 95.6 cm³/mol. The summed E-state index contributed by atoms with van der Waals surface area (Å²) in [7, 11) is 1.98. The highest BCUT2D eigenvalue weighted by Crippen LogP contribution is 2.37. The Hall–Kier alpha value is -1.17. The second kappa shape index (κ2) is 6.38. The second-order valence-corrected chi connectivity index (χ2v) is 8.22. The summed E-state index contributed by atoms with van der Waals surface area (Å²) >= 11 is 1.92. The van der Waals surface area contributed by atoms with Gasteiger partial charge < -0.3 is 5.32 Å². The first-order valence-electron chi connectivity index (χ1n) is 8.79. The zero-order valence-corrected chi connectivity index (χ0v) is 14.7. The van der Waals surface area contributed by atoms with Crippen LogP contribution in [0.1, 0.15) is 37.0 Å². The Morgan fingerprint density at radius 2 is 2.13 bits per heavy atom. The normalized spacial score (nSPS) is 21.8. The topological polar surface area (TPSA) is 33.1 Å². The van der Waals surface area contributed by atoms with Crippen LogP contribution in [-0.4, -0.2) is 39.9 Å². The summed E-state index contributed by atoms with van der Waals surface area (Å²) in [5, 5.41) is 7.94. The monoisotopic (exact) mass is 330 g/mol. The summed E-state index contributed by atoms with van der Waals surface area (Å²) in [5.41, 5.74) is 1.64. The molecule has 1 aliphatic heterocycles. The van der Waals surface area contributed by atoms with Crippen LogP contribution in [-0.2, 0) is 13.6 Å². The molecular formula is C18H26N4S. The molecule has 5 heteroatoms. The van der Waals surface area contributed by atoms with E-state index in [4.69, 9.17) is 0 Å². The van der Waals surface area contributed by atoms with E-state index in [0.717, 1.165) is 13.1 Å². The molecule has 2 aliphatic rings. The molecule has 0 bridgehead atoms. The van der Waals surface area contributed by atoms with Gasteiger partial charge in [-0.2, -0.15) is 5.10 Å². The molecule has 124 valence electrons. The molecule has 1 N–H and O–H groups in total. The summed E-state index contributed by atoms with van der Waals surface area (Å²) in [6.45, 7) is 4.59. The smallest absolute Gasteiger partial charge is 0.0576 e. The van der Waals surface area contributed by atoms with Crippen LogP contribution in [0.15, 0.2) is 24.5 Å². The zero-order chi connectivity index (χ0) is 15.7. The maximum Gasteiger partial charge on any atom is 0.0576 e. The highest BCUT2D eigenvalue weighted by Gasteiger charge is 2.39. The molecule has 0 amide bonds. The van der Waals surface area contributed by atoms with E-state index in [9.17, 15) is 0 Å². The lowest BCUT2D eigenvalue weighted by Gasteiger charge is -2.49. The average molecular weight is 331 g/mol. The molecule has 3 heterocycles. The van der Waals surface area contributed by atoms with E-state index in [1.165, 1.54) is 60.5 Å². The molecule has 1 aliphatic carbocycles. The fraction of sp³-hybridized carbons (Fsp3) is 0.611. The minimum atomic E-state index is 0.412. The number of rotatable bonds is 3. The van der Waals surface area contributed by atoms with Gasteiger partial charge in [0.15, 0.2) is 0 Å². The molecule has 0 aromatic carbocycles. The maximum absolute atomic E-state index is 4.29. The van der Waals surface area contributed by atoms with Crippen molar-refractivity contribution >= 4 is 11.3 Å². The Balaban J connectivity index is 1.51. The summed E-state index contributed by atoms with van der Waals surface area (Å²) < 4.78 is 1.88. The summed E-state index contributed by atoms with van der Waals surface area (Å²) in [4.78, 5) is 5.58. The van der Waals surface area contributed by atoms with Crippen molar-refractivity contribution in [2.45, 2.75) is 44.2 Å². The fourth-order valence-corrected chi connectivity index (χ4v) is 5.19. The van der Waals surface area contributed by atoms with Gasteiger partial charge in [0, 0.05) is 60.3 Å². The zero-order valence-electron chi connectivity index (χ0n) is 13.9. The number of aromatic nitrogens is 2. The molecule has 2 aromatic heterocycles. The Morgan fingerprint density at radius 1 is 1.26 bits per heavy atom. The summed E-state index contributed by atoms with van der Waals surface area (Å²) in [6, 6.07) is 4.57. The van der Waals surface area contributed by atoms with Gasteiger partial charge in [0.25, 0.3) is 0 Å². The number of nitrogens with zero attached hydrogens (tertiary/aromatic N) is 3. The van der Waals surface area contributed by atoms with Crippen LogP contribution in [0.4, 0.5) is 0 Å². The molecule has 23 heavy (non-hydrogen) atoms. The molecule has 0 unspecified atom stereocenters. The first-order chi connectivity index (χ1) is 11.3. The number of thiophene rings is 1. The maximum atomic E-state index is 4.29. The first-order valence-corrected chi connectivity index (χ1v) is 9.60. The van der Waals surface area contributed by atoms with Crippen LogP contribution in [0.3, 0.4) is 0 Å². The number of aryl methyl sites for hydroxylation is 1. The fourth-order valence-electron chi connectivity index (χ4n) is 4.19. The summed E-state index contributed by atoms with van der Waals surface area (Å²) in [6.07, 6.45) is 11.0. The number of hydrogen-bond donors (Lipinski definition) is 1. The van der Waals surface area contributed by atoms with E-state index >= 15 is 0 Å². The quantitative estimate of drug-likeness (QED) is 0.938. The lowest BCUT2D eigenvalue weighted by molar-refractivity contribution is 0.0217. The molecule has 1 saturated heterocycles. The predicted octanol–water partition coefficient (Wildman–Crippen LogP) is 3.26. The molecule has 0 atom stereocenters. The number of piperazine rings is 1. The minimum Gasteiger partial charge on any atom is -0.314 e. The number of hydrogen-bond acceptors (Lipinski definition) is 4. The minimum absolute atomic E-state index is 0.412. The van der Waals surface area contributed by atoms with Crippen molar-refractivity contribution in [3.63, 3.8) is 0 Å². The molecule has 4 rings (SSSR count). The van der Waals surface area contributed by atoms with Crippen molar-refractivity contribution < 1.29 is 0 Å². The van der Waals surface area contributed by atoms with Gasteiger partial charge >= 0.3 is 0 Å². The van der Waals surface area contributed by atoms with Gasteiger partial charge in [-0.05, 0) is 25.0 Å². The highest BCUT2D eigenvalue weighted by molar-refractivity contribution is 7.15. The van der Waals surface area contributed by atoms with Crippen LogP contribution in [0, 0.1) is 0 Å². The summed E-state index contributed by atoms with van der Waals surface area (Å²) in [5.74, 6) is 0. The molecule has 2 fully saturated rings. The second-order valence-electron chi connectivity index (χ2n) is 7.05. The Morgan fingerprint density at radius 3 is 2.91 bits per heavy atom.